The minimum absolute atomic E-state index is 0.452. The van der Waals surface area contributed by atoms with Gasteiger partial charge in [0.1, 0.15) is 5.54 Å². The fourth-order valence-electron chi connectivity index (χ4n) is 3.21. The van der Waals surface area contributed by atoms with Crippen molar-refractivity contribution in [3.8, 4) is 0 Å². The van der Waals surface area contributed by atoms with Gasteiger partial charge in [-0.2, -0.15) is 0 Å². The van der Waals surface area contributed by atoms with Gasteiger partial charge in [-0.05, 0) is 38.6 Å². The second kappa shape index (κ2) is 6.39. The first-order valence-electron chi connectivity index (χ1n) is 7.12. The first-order chi connectivity index (χ1) is 8.12. The van der Waals surface area contributed by atoms with Crippen LogP contribution in [0.1, 0.15) is 65.7 Å². The number of aliphatic carboxylic acids is 1. The van der Waals surface area contributed by atoms with E-state index < -0.39 is 11.5 Å². The summed E-state index contributed by atoms with van der Waals surface area (Å²) in [7, 11) is 0. The molecule has 3 heteroatoms. The molecule has 1 aliphatic heterocycles. The van der Waals surface area contributed by atoms with Crippen LogP contribution in [0.15, 0.2) is 0 Å². The quantitative estimate of drug-likeness (QED) is 0.743. The first kappa shape index (κ1) is 14.5. The number of carboxylic acids is 1. The molecule has 17 heavy (non-hydrogen) atoms. The van der Waals surface area contributed by atoms with Gasteiger partial charge >= 0.3 is 5.97 Å². The highest BCUT2D eigenvalue weighted by Gasteiger charge is 2.48. The molecule has 1 heterocycles. The Labute approximate surface area is 105 Å². The number of nitrogens with zero attached hydrogens (tertiary/aromatic N) is 1. The third-order valence-corrected chi connectivity index (χ3v) is 4.33. The minimum Gasteiger partial charge on any atom is -0.480 e. The summed E-state index contributed by atoms with van der Waals surface area (Å²) in [5, 5.41) is 9.56. The molecule has 0 amide bonds. The maximum absolute atomic E-state index is 11.6. The highest BCUT2D eigenvalue weighted by molar-refractivity contribution is 5.79. The third-order valence-electron chi connectivity index (χ3n) is 4.33. The molecule has 3 nitrogen and oxygen atoms in total. The standard InChI is InChI=1S/C14H27NO2/c1-4-7-9-12(5-2)15-11-8-10-14(15,6-3)13(16)17/h12H,4-11H2,1-3H3,(H,16,17). The Morgan fingerprint density at radius 1 is 1.41 bits per heavy atom. The Hall–Kier alpha value is -0.570. The van der Waals surface area contributed by atoms with Gasteiger partial charge in [-0.3, -0.25) is 9.69 Å². The van der Waals surface area contributed by atoms with Gasteiger partial charge in [0.05, 0.1) is 0 Å². The molecule has 1 saturated heterocycles. The Morgan fingerprint density at radius 3 is 2.59 bits per heavy atom. The molecule has 0 aromatic heterocycles. The van der Waals surface area contributed by atoms with E-state index in [0.717, 1.165) is 38.6 Å². The molecule has 2 atom stereocenters. The Bertz CT molecular complexity index is 255. The van der Waals surface area contributed by atoms with E-state index >= 15 is 0 Å². The van der Waals surface area contributed by atoms with Crippen LogP contribution in [0.3, 0.4) is 0 Å². The lowest BCUT2D eigenvalue weighted by atomic mass is 9.90. The van der Waals surface area contributed by atoms with E-state index in [1.807, 2.05) is 6.92 Å². The van der Waals surface area contributed by atoms with Gasteiger partial charge in [0.2, 0.25) is 0 Å². The summed E-state index contributed by atoms with van der Waals surface area (Å²) in [6, 6.07) is 0.452. The zero-order valence-electron chi connectivity index (χ0n) is 11.5. The van der Waals surface area contributed by atoms with Crippen molar-refractivity contribution >= 4 is 5.97 Å². The molecule has 2 unspecified atom stereocenters. The first-order valence-corrected chi connectivity index (χ1v) is 7.12. The topological polar surface area (TPSA) is 40.5 Å². The Balaban J connectivity index is 2.81. The SMILES string of the molecule is CCCCC(CC)N1CCCC1(CC)C(=O)O. The molecular weight excluding hydrogens is 214 g/mol. The predicted octanol–water partition coefficient (Wildman–Crippen LogP) is 3.28. The van der Waals surface area contributed by atoms with E-state index in [-0.39, 0.29) is 0 Å². The fraction of sp³-hybridized carbons (Fsp3) is 0.929. The van der Waals surface area contributed by atoms with Gasteiger partial charge in [-0.1, -0.05) is 33.6 Å². The van der Waals surface area contributed by atoms with E-state index in [9.17, 15) is 9.90 Å². The Kier molecular flexibility index (Phi) is 5.44. The van der Waals surface area contributed by atoms with Gasteiger partial charge in [0.15, 0.2) is 0 Å². The maximum Gasteiger partial charge on any atom is 0.324 e. The van der Waals surface area contributed by atoms with Gasteiger partial charge in [0, 0.05) is 6.04 Å². The number of unbranched alkanes of at least 4 members (excludes halogenated alkanes) is 1. The summed E-state index contributed by atoms with van der Waals surface area (Å²) in [6.07, 6.45) is 7.18. The second-order valence-electron chi connectivity index (χ2n) is 5.19. The van der Waals surface area contributed by atoms with Crippen molar-refractivity contribution in [3.05, 3.63) is 0 Å². The van der Waals surface area contributed by atoms with Crippen LogP contribution in [-0.2, 0) is 4.79 Å². The van der Waals surface area contributed by atoms with Gasteiger partial charge < -0.3 is 5.11 Å². The van der Waals surface area contributed by atoms with Crippen LogP contribution < -0.4 is 0 Å². The lowest BCUT2D eigenvalue weighted by Crippen LogP contribution is -2.54. The van der Waals surface area contributed by atoms with Crippen LogP contribution in [-0.4, -0.2) is 34.1 Å². The molecule has 100 valence electrons. The monoisotopic (exact) mass is 241 g/mol. The molecule has 0 spiro atoms. The van der Waals surface area contributed by atoms with Crippen LogP contribution in [0.2, 0.25) is 0 Å². The molecule has 1 N–H and O–H groups in total. The molecular formula is C14H27NO2. The smallest absolute Gasteiger partial charge is 0.324 e. The number of carbonyl (C=O) groups is 1. The van der Waals surface area contributed by atoms with Gasteiger partial charge in [0.25, 0.3) is 0 Å². The molecule has 0 aliphatic carbocycles. The number of likely N-dealkylation sites (tertiary alicyclic amines) is 1. The van der Waals surface area contributed by atoms with Crippen molar-refractivity contribution in [2.24, 2.45) is 0 Å². The molecule has 0 aromatic rings. The summed E-state index contributed by atoms with van der Waals surface area (Å²) >= 11 is 0. The zero-order valence-corrected chi connectivity index (χ0v) is 11.5. The Morgan fingerprint density at radius 2 is 2.12 bits per heavy atom. The molecule has 1 fully saturated rings. The van der Waals surface area contributed by atoms with Crippen molar-refractivity contribution in [3.63, 3.8) is 0 Å². The van der Waals surface area contributed by atoms with E-state index in [1.165, 1.54) is 12.8 Å². The van der Waals surface area contributed by atoms with Crippen LogP contribution in [0.5, 0.6) is 0 Å². The van der Waals surface area contributed by atoms with Crippen molar-refractivity contribution in [2.45, 2.75) is 77.3 Å². The van der Waals surface area contributed by atoms with Crippen molar-refractivity contribution in [1.29, 1.82) is 0 Å². The summed E-state index contributed by atoms with van der Waals surface area (Å²) in [6.45, 7) is 7.35. The van der Waals surface area contributed by atoms with Crippen LogP contribution in [0.25, 0.3) is 0 Å². The number of rotatable bonds is 7. The molecule has 0 saturated carbocycles. The van der Waals surface area contributed by atoms with Crippen molar-refractivity contribution in [1.82, 2.24) is 4.90 Å². The van der Waals surface area contributed by atoms with Crippen LogP contribution in [0, 0.1) is 0 Å². The van der Waals surface area contributed by atoms with Crippen molar-refractivity contribution in [2.75, 3.05) is 6.54 Å². The average molecular weight is 241 g/mol. The molecule has 1 aliphatic rings. The predicted molar refractivity (Wildman–Crippen MR) is 70.2 cm³/mol. The fourth-order valence-corrected chi connectivity index (χ4v) is 3.21. The molecule has 0 bridgehead atoms. The molecule has 1 rings (SSSR count). The summed E-state index contributed by atoms with van der Waals surface area (Å²) < 4.78 is 0. The largest absolute Gasteiger partial charge is 0.480 e. The second-order valence-corrected chi connectivity index (χ2v) is 5.19. The number of hydrogen-bond acceptors (Lipinski definition) is 2. The van der Waals surface area contributed by atoms with Gasteiger partial charge in [-0.15, -0.1) is 0 Å². The van der Waals surface area contributed by atoms with E-state index in [0.29, 0.717) is 6.04 Å². The highest BCUT2D eigenvalue weighted by Crippen LogP contribution is 2.36. The lowest BCUT2D eigenvalue weighted by Gasteiger charge is -2.39. The van der Waals surface area contributed by atoms with E-state index in [1.54, 1.807) is 0 Å². The number of carboxylic acid groups (broad SMARTS) is 1. The van der Waals surface area contributed by atoms with E-state index in [4.69, 9.17) is 0 Å². The third kappa shape index (κ3) is 2.82. The summed E-state index contributed by atoms with van der Waals surface area (Å²) in [5.41, 5.74) is -0.575. The van der Waals surface area contributed by atoms with Gasteiger partial charge in [-0.25, -0.2) is 0 Å². The molecule has 0 aromatic carbocycles. The van der Waals surface area contributed by atoms with Crippen LogP contribution >= 0.6 is 0 Å². The average Bonchev–Trinajstić information content (AvgIpc) is 2.75. The minimum atomic E-state index is -0.618. The molecule has 0 radical (unpaired) electrons. The summed E-state index contributed by atoms with van der Waals surface area (Å²) in [4.78, 5) is 13.9. The van der Waals surface area contributed by atoms with Crippen LogP contribution in [0.4, 0.5) is 0 Å². The summed E-state index contributed by atoms with van der Waals surface area (Å²) in [5.74, 6) is -0.618. The lowest BCUT2D eigenvalue weighted by molar-refractivity contribution is -0.151. The van der Waals surface area contributed by atoms with Crippen molar-refractivity contribution < 1.29 is 9.90 Å². The maximum atomic E-state index is 11.6. The van der Waals surface area contributed by atoms with E-state index in [2.05, 4.69) is 18.7 Å². The zero-order chi connectivity index (χ0) is 12.9. The normalized spacial score (nSPS) is 27.2. The highest BCUT2D eigenvalue weighted by atomic mass is 16.4. The number of hydrogen-bond donors (Lipinski definition) is 1.